The monoisotopic (exact) mass is 487 g/mol. The number of likely N-dealkylation sites (tertiary alicyclic amines) is 1. The number of rotatable bonds is 5. The van der Waals surface area contributed by atoms with Gasteiger partial charge in [-0.3, -0.25) is 25.3 Å². The molecule has 3 atom stereocenters. The molecular formula is C24H33N5O6. The van der Waals surface area contributed by atoms with Gasteiger partial charge in [-0.25, -0.2) is 9.59 Å². The van der Waals surface area contributed by atoms with Gasteiger partial charge in [0.15, 0.2) is 0 Å². The Hall–Kier alpha value is -3.34. The fraction of sp³-hybridized carbons (Fsp3) is 0.583. The minimum Gasteiger partial charge on any atom is -0.444 e. The number of carbonyl (C=O) groups is 4. The maximum absolute atomic E-state index is 12.9. The first kappa shape index (κ1) is 24.8. The molecule has 1 aromatic rings. The zero-order valence-electron chi connectivity index (χ0n) is 20.4. The second-order valence-electron chi connectivity index (χ2n) is 10.2. The van der Waals surface area contributed by atoms with Crippen molar-refractivity contribution >= 4 is 23.9 Å². The molecular weight excluding hydrogens is 454 g/mol. The summed E-state index contributed by atoms with van der Waals surface area (Å²) in [4.78, 5) is 59.2. The van der Waals surface area contributed by atoms with Crippen LogP contribution in [0.1, 0.15) is 45.6 Å². The first-order valence-electron chi connectivity index (χ1n) is 12.0. The van der Waals surface area contributed by atoms with E-state index in [1.807, 2.05) is 30.3 Å². The number of hydrazine groups is 1. The average Bonchev–Trinajstić information content (AvgIpc) is 3.40. The second kappa shape index (κ2) is 10.1. The maximum atomic E-state index is 12.9. The first-order chi connectivity index (χ1) is 16.6. The van der Waals surface area contributed by atoms with Gasteiger partial charge in [0.1, 0.15) is 18.2 Å². The van der Waals surface area contributed by atoms with Gasteiger partial charge in [0.05, 0.1) is 12.0 Å². The van der Waals surface area contributed by atoms with Crippen molar-refractivity contribution < 1.29 is 28.8 Å². The van der Waals surface area contributed by atoms with E-state index in [2.05, 4.69) is 10.9 Å². The molecule has 0 spiro atoms. The molecule has 11 nitrogen and oxygen atoms in total. The lowest BCUT2D eigenvalue weighted by molar-refractivity contribution is -0.140. The molecule has 3 saturated heterocycles. The maximum Gasteiger partial charge on any atom is 0.410 e. The highest BCUT2D eigenvalue weighted by molar-refractivity contribution is 5.90. The van der Waals surface area contributed by atoms with Crippen molar-refractivity contribution in [3.63, 3.8) is 0 Å². The quantitative estimate of drug-likeness (QED) is 0.611. The van der Waals surface area contributed by atoms with Crippen LogP contribution in [0.3, 0.4) is 0 Å². The van der Waals surface area contributed by atoms with Crippen LogP contribution in [0.15, 0.2) is 30.3 Å². The van der Waals surface area contributed by atoms with E-state index in [0.29, 0.717) is 32.4 Å². The second-order valence-corrected chi connectivity index (χ2v) is 10.2. The largest absolute Gasteiger partial charge is 0.444 e. The Kier molecular flexibility index (Phi) is 7.15. The van der Waals surface area contributed by atoms with Gasteiger partial charge in [0, 0.05) is 19.6 Å². The van der Waals surface area contributed by atoms with Crippen molar-refractivity contribution in [3.05, 3.63) is 35.9 Å². The predicted octanol–water partition coefficient (Wildman–Crippen LogP) is 1.79. The van der Waals surface area contributed by atoms with Crippen LogP contribution in [0.5, 0.6) is 0 Å². The topological polar surface area (TPSA) is 121 Å². The third-order valence-electron chi connectivity index (χ3n) is 6.36. The SMILES string of the molecule is CC(C)(C)OC(=O)N1CCC(C(=O)NNC(=O)C2CCC3CN2C(=O)N3OCc2ccccc2)C1. The molecule has 1 aromatic carbocycles. The van der Waals surface area contributed by atoms with Crippen molar-refractivity contribution in [2.24, 2.45) is 5.92 Å². The lowest BCUT2D eigenvalue weighted by atomic mass is 10.0. The molecule has 0 saturated carbocycles. The Labute approximate surface area is 204 Å². The molecule has 11 heteroatoms. The number of fused-ring (bicyclic) bond motifs is 2. The first-order valence-corrected chi connectivity index (χ1v) is 12.0. The summed E-state index contributed by atoms with van der Waals surface area (Å²) in [7, 11) is 0. The molecule has 3 aliphatic rings. The number of hydrogen-bond acceptors (Lipinski definition) is 6. The molecule has 3 unspecified atom stereocenters. The predicted molar refractivity (Wildman–Crippen MR) is 124 cm³/mol. The van der Waals surface area contributed by atoms with Crippen molar-refractivity contribution in [1.29, 1.82) is 0 Å². The van der Waals surface area contributed by atoms with Crippen LogP contribution in [-0.2, 0) is 25.8 Å². The number of hydroxylamine groups is 2. The number of ether oxygens (including phenoxy) is 1. The molecule has 5 amide bonds. The smallest absolute Gasteiger partial charge is 0.410 e. The average molecular weight is 488 g/mol. The van der Waals surface area contributed by atoms with E-state index in [0.717, 1.165) is 5.56 Å². The number of urea groups is 1. The highest BCUT2D eigenvalue weighted by Crippen LogP contribution is 2.30. The van der Waals surface area contributed by atoms with Crippen LogP contribution in [0.2, 0.25) is 0 Å². The molecule has 3 aliphatic heterocycles. The Balaban J connectivity index is 1.24. The molecule has 35 heavy (non-hydrogen) atoms. The third-order valence-corrected chi connectivity index (χ3v) is 6.36. The van der Waals surface area contributed by atoms with Gasteiger partial charge in [-0.1, -0.05) is 30.3 Å². The Morgan fingerprint density at radius 3 is 2.43 bits per heavy atom. The summed E-state index contributed by atoms with van der Waals surface area (Å²) in [5.41, 5.74) is 5.26. The summed E-state index contributed by atoms with van der Waals surface area (Å²) >= 11 is 0. The number of piperidine rings is 1. The van der Waals surface area contributed by atoms with E-state index in [1.54, 1.807) is 20.8 Å². The highest BCUT2D eigenvalue weighted by Gasteiger charge is 2.48. The van der Waals surface area contributed by atoms with E-state index in [4.69, 9.17) is 9.57 Å². The zero-order valence-corrected chi connectivity index (χ0v) is 20.4. The molecule has 0 radical (unpaired) electrons. The van der Waals surface area contributed by atoms with E-state index in [9.17, 15) is 19.2 Å². The van der Waals surface area contributed by atoms with Gasteiger partial charge < -0.3 is 14.5 Å². The van der Waals surface area contributed by atoms with Crippen LogP contribution >= 0.6 is 0 Å². The number of nitrogens with zero attached hydrogens (tertiary/aromatic N) is 3. The summed E-state index contributed by atoms with van der Waals surface area (Å²) in [6.07, 6.45) is 1.11. The standard InChI is InChI=1S/C24H33N5O6/c1-24(2,3)35-23(33)27-12-11-17(13-27)20(30)25-26-21(31)19-10-9-18-14-28(19)22(32)29(18)34-15-16-7-5-4-6-8-16/h4-8,17-19H,9-15H2,1-3H3,(H,25,30)(H,26,31). The zero-order chi connectivity index (χ0) is 25.2. The molecule has 190 valence electrons. The Bertz CT molecular complexity index is 965. The van der Waals surface area contributed by atoms with E-state index in [-0.39, 0.29) is 31.1 Å². The number of amides is 5. The van der Waals surface area contributed by atoms with E-state index < -0.39 is 29.6 Å². The molecule has 4 rings (SSSR count). The molecule has 0 aliphatic carbocycles. The van der Waals surface area contributed by atoms with Crippen molar-refractivity contribution in [2.45, 2.75) is 64.3 Å². The summed E-state index contributed by atoms with van der Waals surface area (Å²) < 4.78 is 5.35. The van der Waals surface area contributed by atoms with Crippen molar-refractivity contribution in [3.8, 4) is 0 Å². The lowest BCUT2D eigenvalue weighted by Crippen LogP contribution is -2.55. The van der Waals surface area contributed by atoms with Crippen LogP contribution in [-0.4, -0.2) is 76.1 Å². The minimum absolute atomic E-state index is 0.109. The number of nitrogens with one attached hydrogen (secondary N) is 2. The Morgan fingerprint density at radius 1 is 1.00 bits per heavy atom. The molecule has 3 heterocycles. The van der Waals surface area contributed by atoms with Gasteiger partial charge in [-0.05, 0) is 45.6 Å². The van der Waals surface area contributed by atoms with Gasteiger partial charge in [0.25, 0.3) is 5.91 Å². The normalized spacial score (nSPS) is 23.9. The number of benzene rings is 1. The fourth-order valence-corrected chi connectivity index (χ4v) is 4.56. The number of hydrogen-bond donors (Lipinski definition) is 2. The Morgan fingerprint density at radius 2 is 1.71 bits per heavy atom. The van der Waals surface area contributed by atoms with Crippen LogP contribution < -0.4 is 10.9 Å². The van der Waals surface area contributed by atoms with E-state index in [1.165, 1.54) is 14.9 Å². The van der Waals surface area contributed by atoms with Gasteiger partial charge in [0.2, 0.25) is 5.91 Å². The van der Waals surface area contributed by atoms with Gasteiger partial charge in [-0.15, -0.1) is 0 Å². The highest BCUT2D eigenvalue weighted by atomic mass is 16.7. The van der Waals surface area contributed by atoms with Gasteiger partial charge >= 0.3 is 12.1 Å². The summed E-state index contributed by atoms with van der Waals surface area (Å²) in [6.45, 7) is 6.65. The van der Waals surface area contributed by atoms with Crippen molar-refractivity contribution in [1.82, 2.24) is 25.7 Å². The van der Waals surface area contributed by atoms with Crippen LogP contribution in [0.4, 0.5) is 9.59 Å². The minimum atomic E-state index is -0.689. The third kappa shape index (κ3) is 5.84. The van der Waals surface area contributed by atoms with Crippen molar-refractivity contribution in [2.75, 3.05) is 19.6 Å². The summed E-state index contributed by atoms with van der Waals surface area (Å²) in [5.74, 6) is -1.27. The molecule has 0 aromatic heterocycles. The summed E-state index contributed by atoms with van der Waals surface area (Å²) in [5, 5.41) is 1.36. The fourth-order valence-electron chi connectivity index (χ4n) is 4.56. The van der Waals surface area contributed by atoms with Gasteiger partial charge in [-0.2, -0.15) is 5.06 Å². The van der Waals surface area contributed by atoms with Crippen LogP contribution in [0.25, 0.3) is 0 Å². The molecule has 2 N–H and O–H groups in total. The number of carbonyl (C=O) groups excluding carboxylic acids is 4. The lowest BCUT2D eigenvalue weighted by Gasteiger charge is -2.29. The van der Waals surface area contributed by atoms with E-state index >= 15 is 0 Å². The van der Waals surface area contributed by atoms with Crippen LogP contribution in [0, 0.1) is 5.92 Å². The summed E-state index contributed by atoms with van der Waals surface area (Å²) in [6, 6.07) is 8.41. The molecule has 3 fully saturated rings. The molecule has 2 bridgehead atoms.